The molecule has 0 aliphatic heterocycles. The Labute approximate surface area is 108 Å². The first-order valence-electron chi connectivity index (χ1n) is 5.39. The fourth-order valence-electron chi connectivity index (χ4n) is 2.09. The lowest BCUT2D eigenvalue weighted by atomic mass is 10.1. The summed E-state index contributed by atoms with van der Waals surface area (Å²) in [6.07, 6.45) is 0. The fourth-order valence-corrected chi connectivity index (χ4v) is 3.53. The number of halogens is 1. The largest absolute Gasteiger partial charge is 0.508 e. The van der Waals surface area contributed by atoms with Crippen molar-refractivity contribution in [3.8, 4) is 5.75 Å². The second-order valence-electron chi connectivity index (χ2n) is 4.29. The molecule has 1 aromatic heterocycles. The highest BCUT2D eigenvalue weighted by atomic mass is 35.5. The van der Waals surface area contributed by atoms with Gasteiger partial charge in [0.05, 0.1) is 0 Å². The van der Waals surface area contributed by atoms with Crippen molar-refractivity contribution < 1.29 is 5.11 Å². The van der Waals surface area contributed by atoms with Crippen molar-refractivity contribution in [3.05, 3.63) is 40.4 Å². The zero-order valence-electron chi connectivity index (χ0n) is 9.54. The molecule has 0 fully saturated rings. The van der Waals surface area contributed by atoms with Crippen LogP contribution in [0.5, 0.6) is 5.75 Å². The summed E-state index contributed by atoms with van der Waals surface area (Å²) in [5, 5.41) is 13.0. The first-order chi connectivity index (χ1) is 8.08. The van der Waals surface area contributed by atoms with Gasteiger partial charge in [0.1, 0.15) is 5.75 Å². The van der Waals surface area contributed by atoms with Crippen LogP contribution in [-0.4, -0.2) is 5.11 Å². The molecule has 1 nitrogen and oxygen atoms in total. The molecule has 0 aliphatic rings. The van der Waals surface area contributed by atoms with Gasteiger partial charge in [-0.2, -0.15) is 0 Å². The first kappa shape index (κ1) is 10.9. The first-order valence-corrected chi connectivity index (χ1v) is 6.58. The van der Waals surface area contributed by atoms with E-state index in [1.807, 2.05) is 32.0 Å². The Kier molecular flexibility index (Phi) is 2.32. The summed E-state index contributed by atoms with van der Waals surface area (Å²) >= 11 is 7.82. The highest BCUT2D eigenvalue weighted by molar-refractivity contribution is 7.26. The van der Waals surface area contributed by atoms with Gasteiger partial charge in [0.15, 0.2) is 0 Å². The Hall–Kier alpha value is -1.25. The van der Waals surface area contributed by atoms with E-state index in [-0.39, 0.29) is 0 Å². The van der Waals surface area contributed by atoms with E-state index in [0.29, 0.717) is 5.75 Å². The summed E-state index contributed by atoms with van der Waals surface area (Å²) in [5.41, 5.74) is 2.02. The Morgan fingerprint density at radius 2 is 1.88 bits per heavy atom. The zero-order chi connectivity index (χ0) is 12.2. The summed E-state index contributed by atoms with van der Waals surface area (Å²) in [6.45, 7) is 3.95. The number of rotatable bonds is 0. The number of hydrogen-bond donors (Lipinski definition) is 1. The molecular weight excluding hydrogens is 252 g/mol. The van der Waals surface area contributed by atoms with Crippen LogP contribution in [0.1, 0.15) is 11.1 Å². The molecule has 0 atom stereocenters. The number of phenolic OH excluding ortho intramolecular Hbond substituents is 1. The Morgan fingerprint density at radius 1 is 1.12 bits per heavy atom. The zero-order valence-corrected chi connectivity index (χ0v) is 11.1. The van der Waals surface area contributed by atoms with Crippen LogP contribution in [0.4, 0.5) is 0 Å². The molecule has 0 saturated carbocycles. The monoisotopic (exact) mass is 262 g/mol. The molecule has 3 rings (SSSR count). The number of aromatic hydroxyl groups is 1. The van der Waals surface area contributed by atoms with Crippen LogP contribution < -0.4 is 0 Å². The predicted molar refractivity (Wildman–Crippen MR) is 75.5 cm³/mol. The topological polar surface area (TPSA) is 20.2 Å². The van der Waals surface area contributed by atoms with Gasteiger partial charge in [-0.15, -0.1) is 11.3 Å². The number of aryl methyl sites for hydroxylation is 2. The lowest BCUT2D eigenvalue weighted by Gasteiger charge is -1.99. The average molecular weight is 263 g/mol. The van der Waals surface area contributed by atoms with Crippen molar-refractivity contribution in [1.29, 1.82) is 0 Å². The molecule has 3 aromatic rings. The molecule has 0 radical (unpaired) electrons. The van der Waals surface area contributed by atoms with E-state index < -0.39 is 0 Å². The van der Waals surface area contributed by atoms with Gasteiger partial charge in [-0.25, -0.2) is 0 Å². The fraction of sp³-hybridized carbons (Fsp3) is 0.143. The average Bonchev–Trinajstić information content (AvgIpc) is 2.63. The summed E-state index contributed by atoms with van der Waals surface area (Å²) in [6, 6.07) is 7.87. The summed E-state index contributed by atoms with van der Waals surface area (Å²) in [4.78, 5) is 0. The third-order valence-corrected chi connectivity index (χ3v) is 4.84. The molecular formula is C14H11ClOS. The highest BCUT2D eigenvalue weighted by Gasteiger charge is 2.10. The van der Waals surface area contributed by atoms with Crippen LogP contribution in [0, 0.1) is 13.8 Å². The molecule has 3 heteroatoms. The van der Waals surface area contributed by atoms with Crippen LogP contribution in [0.25, 0.3) is 20.2 Å². The van der Waals surface area contributed by atoms with Crippen molar-refractivity contribution in [2.75, 3.05) is 0 Å². The maximum atomic E-state index is 9.75. The van der Waals surface area contributed by atoms with Gasteiger partial charge < -0.3 is 5.11 Å². The number of phenols is 1. The highest BCUT2D eigenvalue weighted by Crippen LogP contribution is 2.40. The van der Waals surface area contributed by atoms with E-state index in [1.54, 1.807) is 11.3 Å². The van der Waals surface area contributed by atoms with Crippen LogP contribution in [0.15, 0.2) is 24.3 Å². The molecule has 1 heterocycles. The van der Waals surface area contributed by atoms with Crippen LogP contribution in [0.2, 0.25) is 5.02 Å². The quantitative estimate of drug-likeness (QED) is 0.602. The molecule has 0 aliphatic carbocycles. The molecule has 17 heavy (non-hydrogen) atoms. The molecule has 0 bridgehead atoms. The van der Waals surface area contributed by atoms with E-state index in [2.05, 4.69) is 6.07 Å². The normalized spacial score (nSPS) is 11.5. The molecule has 0 spiro atoms. The van der Waals surface area contributed by atoms with Gasteiger partial charge in [-0.1, -0.05) is 17.7 Å². The minimum absolute atomic E-state index is 0.354. The molecule has 0 unspecified atom stereocenters. The van der Waals surface area contributed by atoms with Gasteiger partial charge in [0, 0.05) is 25.2 Å². The van der Waals surface area contributed by atoms with Gasteiger partial charge in [0.2, 0.25) is 0 Å². The molecule has 0 saturated heterocycles. The summed E-state index contributed by atoms with van der Waals surface area (Å²) < 4.78 is 2.31. The minimum Gasteiger partial charge on any atom is -0.508 e. The van der Waals surface area contributed by atoms with Gasteiger partial charge in [0.25, 0.3) is 0 Å². The lowest BCUT2D eigenvalue weighted by Crippen LogP contribution is -1.76. The van der Waals surface area contributed by atoms with Gasteiger partial charge >= 0.3 is 0 Å². The SMILES string of the molecule is Cc1cc2c(cc1O)sc1c(C)c(Cl)ccc12. The Balaban J connectivity index is 2.54. The second kappa shape index (κ2) is 3.62. The maximum absolute atomic E-state index is 9.75. The van der Waals surface area contributed by atoms with Crippen molar-refractivity contribution in [2.45, 2.75) is 13.8 Å². The number of hydrogen-bond acceptors (Lipinski definition) is 2. The standard InChI is InChI=1S/C14H11ClOS/c1-7-5-10-9-3-4-11(15)8(2)14(9)17-13(10)6-12(7)16/h3-6,16H,1-2H3. The van der Waals surface area contributed by atoms with E-state index in [9.17, 15) is 5.11 Å². The number of thiophene rings is 1. The van der Waals surface area contributed by atoms with Crippen molar-refractivity contribution in [3.63, 3.8) is 0 Å². The van der Waals surface area contributed by atoms with E-state index in [0.717, 1.165) is 20.8 Å². The van der Waals surface area contributed by atoms with Crippen LogP contribution in [0.3, 0.4) is 0 Å². The van der Waals surface area contributed by atoms with Crippen molar-refractivity contribution in [2.24, 2.45) is 0 Å². The smallest absolute Gasteiger partial charge is 0.119 e. The van der Waals surface area contributed by atoms with E-state index >= 15 is 0 Å². The second-order valence-corrected chi connectivity index (χ2v) is 5.75. The number of fused-ring (bicyclic) bond motifs is 3. The molecule has 0 amide bonds. The molecule has 86 valence electrons. The van der Waals surface area contributed by atoms with Gasteiger partial charge in [-0.05, 0) is 43.2 Å². The van der Waals surface area contributed by atoms with E-state index in [1.165, 1.54) is 15.5 Å². The molecule has 1 N–H and O–H groups in total. The third-order valence-electron chi connectivity index (χ3n) is 3.14. The number of benzene rings is 2. The minimum atomic E-state index is 0.354. The lowest BCUT2D eigenvalue weighted by molar-refractivity contribution is 0.472. The molecule has 2 aromatic carbocycles. The van der Waals surface area contributed by atoms with E-state index in [4.69, 9.17) is 11.6 Å². The van der Waals surface area contributed by atoms with Crippen molar-refractivity contribution >= 4 is 43.1 Å². The van der Waals surface area contributed by atoms with Crippen LogP contribution >= 0.6 is 22.9 Å². The summed E-state index contributed by atoms with van der Waals surface area (Å²) in [5.74, 6) is 0.354. The van der Waals surface area contributed by atoms with Gasteiger partial charge in [-0.3, -0.25) is 0 Å². The Morgan fingerprint density at radius 3 is 2.65 bits per heavy atom. The summed E-state index contributed by atoms with van der Waals surface area (Å²) in [7, 11) is 0. The van der Waals surface area contributed by atoms with Crippen LogP contribution in [-0.2, 0) is 0 Å². The third kappa shape index (κ3) is 1.52. The maximum Gasteiger partial charge on any atom is 0.119 e. The predicted octanol–water partition coefficient (Wildman–Crippen LogP) is 5.03. The Bertz CT molecular complexity index is 743. The van der Waals surface area contributed by atoms with Crippen molar-refractivity contribution in [1.82, 2.24) is 0 Å².